The Morgan fingerprint density at radius 1 is 1.25 bits per heavy atom. The number of rotatable bonds is 5. The van der Waals surface area contributed by atoms with Crippen LogP contribution in [0.15, 0.2) is 48.5 Å². The number of likely N-dealkylation sites (tertiary alicyclic amines) is 1. The van der Waals surface area contributed by atoms with Gasteiger partial charge in [0, 0.05) is 31.2 Å². The van der Waals surface area contributed by atoms with Gasteiger partial charge in [0.1, 0.15) is 0 Å². The van der Waals surface area contributed by atoms with E-state index in [1.54, 1.807) is 0 Å². The molecule has 0 spiro atoms. The standard InChI is InChI=1S/C22H28N4O2/c1-22-12-14-24(2)20(22)25(3)19-10-9-17(15-18(19)22)26(21(27)28)23-13-11-16-7-5-4-6-8-16/h4-10,15,20,23H,11-14H2,1-3H3,(H,27,28)/t20-,22+/m1/s1. The van der Waals surface area contributed by atoms with Crippen molar-refractivity contribution in [2.24, 2.45) is 0 Å². The summed E-state index contributed by atoms with van der Waals surface area (Å²) in [6.07, 6.45) is 1.17. The lowest BCUT2D eigenvalue weighted by molar-refractivity contribution is 0.198. The number of nitrogens with one attached hydrogen (secondary N) is 1. The predicted molar refractivity (Wildman–Crippen MR) is 112 cm³/mol. The van der Waals surface area contributed by atoms with E-state index in [1.165, 1.54) is 21.8 Å². The Bertz CT molecular complexity index is 872. The van der Waals surface area contributed by atoms with Crippen molar-refractivity contribution in [1.29, 1.82) is 0 Å². The van der Waals surface area contributed by atoms with Crippen molar-refractivity contribution >= 4 is 17.5 Å². The van der Waals surface area contributed by atoms with Crippen LogP contribution in [0, 0.1) is 0 Å². The Morgan fingerprint density at radius 3 is 2.71 bits per heavy atom. The van der Waals surface area contributed by atoms with E-state index in [0.29, 0.717) is 18.4 Å². The SMILES string of the molecule is CN1CC[C@@]2(C)c3cc(N(NCCc4ccccc4)C(=O)O)ccc3N(C)[C@@H]12. The molecule has 2 aromatic rings. The second-order valence-corrected chi connectivity index (χ2v) is 8.10. The first-order valence-corrected chi connectivity index (χ1v) is 9.80. The minimum atomic E-state index is -0.996. The fourth-order valence-electron chi connectivity index (χ4n) is 4.93. The number of amides is 1. The lowest BCUT2D eigenvalue weighted by Gasteiger charge is -2.32. The third kappa shape index (κ3) is 3.02. The van der Waals surface area contributed by atoms with Crippen molar-refractivity contribution in [3.05, 3.63) is 59.7 Å². The summed E-state index contributed by atoms with van der Waals surface area (Å²) in [6.45, 7) is 3.89. The fourth-order valence-corrected chi connectivity index (χ4v) is 4.93. The van der Waals surface area contributed by atoms with Gasteiger partial charge < -0.3 is 10.0 Å². The van der Waals surface area contributed by atoms with Crippen LogP contribution in [0.4, 0.5) is 16.2 Å². The number of likely N-dealkylation sites (N-methyl/N-ethyl adjacent to an activating group) is 2. The summed E-state index contributed by atoms with van der Waals surface area (Å²) >= 11 is 0. The molecule has 2 aliphatic heterocycles. The van der Waals surface area contributed by atoms with Gasteiger partial charge in [-0.15, -0.1) is 0 Å². The van der Waals surface area contributed by atoms with Gasteiger partial charge in [0.15, 0.2) is 0 Å². The molecule has 28 heavy (non-hydrogen) atoms. The molecule has 4 rings (SSSR count). The second kappa shape index (κ2) is 7.11. The van der Waals surface area contributed by atoms with E-state index in [4.69, 9.17) is 0 Å². The van der Waals surface area contributed by atoms with E-state index in [-0.39, 0.29) is 5.41 Å². The Kier molecular flexibility index (Phi) is 4.77. The highest BCUT2D eigenvalue weighted by Crippen LogP contribution is 2.51. The van der Waals surface area contributed by atoms with Crippen molar-refractivity contribution in [2.45, 2.75) is 31.3 Å². The molecule has 0 saturated carbocycles. The Morgan fingerprint density at radius 2 is 2.00 bits per heavy atom. The van der Waals surface area contributed by atoms with Gasteiger partial charge in [-0.05, 0) is 49.2 Å². The number of anilines is 2. The van der Waals surface area contributed by atoms with E-state index < -0.39 is 6.09 Å². The molecule has 0 aromatic heterocycles. The Hall–Kier alpha value is -2.57. The van der Waals surface area contributed by atoms with Crippen LogP contribution in [0.25, 0.3) is 0 Å². The smallest absolute Gasteiger partial charge is 0.426 e. The molecule has 0 aliphatic carbocycles. The number of hydrogen-bond acceptors (Lipinski definition) is 4. The molecule has 0 radical (unpaired) electrons. The maximum atomic E-state index is 11.9. The molecular formula is C22H28N4O2. The zero-order valence-electron chi connectivity index (χ0n) is 16.7. The van der Waals surface area contributed by atoms with Gasteiger partial charge in [0.05, 0.1) is 11.9 Å². The molecule has 2 heterocycles. The van der Waals surface area contributed by atoms with Crippen LogP contribution in [-0.2, 0) is 11.8 Å². The molecular weight excluding hydrogens is 352 g/mol. The molecule has 2 atom stereocenters. The summed E-state index contributed by atoms with van der Waals surface area (Å²) in [6, 6.07) is 16.1. The molecule has 1 amide bonds. The zero-order chi connectivity index (χ0) is 19.9. The minimum Gasteiger partial charge on any atom is -0.464 e. The molecule has 6 heteroatoms. The number of carbonyl (C=O) groups is 1. The average Bonchev–Trinajstić information content (AvgIpc) is 3.11. The predicted octanol–water partition coefficient (Wildman–Crippen LogP) is 3.29. The summed E-state index contributed by atoms with van der Waals surface area (Å²) in [5.74, 6) is 0. The molecule has 0 unspecified atom stereocenters. The summed E-state index contributed by atoms with van der Waals surface area (Å²) in [5, 5.41) is 11.0. The second-order valence-electron chi connectivity index (χ2n) is 8.10. The monoisotopic (exact) mass is 380 g/mol. The number of nitrogens with zero attached hydrogens (tertiary/aromatic N) is 3. The molecule has 148 valence electrons. The maximum absolute atomic E-state index is 11.9. The lowest BCUT2D eigenvalue weighted by atomic mass is 9.81. The third-order valence-electron chi connectivity index (χ3n) is 6.29. The zero-order valence-corrected chi connectivity index (χ0v) is 16.7. The van der Waals surface area contributed by atoms with Crippen LogP contribution in [0.2, 0.25) is 0 Å². The van der Waals surface area contributed by atoms with Crippen LogP contribution in [0.3, 0.4) is 0 Å². The molecule has 2 aromatic carbocycles. The molecule has 6 nitrogen and oxygen atoms in total. The van der Waals surface area contributed by atoms with Gasteiger partial charge >= 0.3 is 6.09 Å². The van der Waals surface area contributed by atoms with Gasteiger partial charge in [-0.3, -0.25) is 4.90 Å². The number of fused-ring (bicyclic) bond motifs is 3. The van der Waals surface area contributed by atoms with Crippen LogP contribution in [0.5, 0.6) is 0 Å². The number of benzene rings is 2. The van der Waals surface area contributed by atoms with Crippen molar-refractivity contribution in [2.75, 3.05) is 37.1 Å². The molecule has 1 saturated heterocycles. The number of hydrazine groups is 1. The van der Waals surface area contributed by atoms with Crippen molar-refractivity contribution in [1.82, 2.24) is 10.3 Å². The van der Waals surface area contributed by atoms with Crippen LogP contribution in [-0.4, -0.2) is 49.5 Å². The van der Waals surface area contributed by atoms with Crippen LogP contribution >= 0.6 is 0 Å². The van der Waals surface area contributed by atoms with Gasteiger partial charge in [-0.2, -0.15) is 0 Å². The van der Waals surface area contributed by atoms with Gasteiger partial charge in [-0.25, -0.2) is 15.2 Å². The fraction of sp³-hybridized carbons (Fsp3) is 0.409. The van der Waals surface area contributed by atoms with E-state index >= 15 is 0 Å². The first kappa shape index (κ1) is 18.8. The van der Waals surface area contributed by atoms with Crippen LogP contribution in [0.1, 0.15) is 24.5 Å². The topological polar surface area (TPSA) is 59.1 Å². The van der Waals surface area contributed by atoms with Crippen molar-refractivity contribution in [3.8, 4) is 0 Å². The van der Waals surface area contributed by atoms with Crippen molar-refractivity contribution in [3.63, 3.8) is 0 Å². The maximum Gasteiger partial charge on any atom is 0.426 e. The molecule has 1 fully saturated rings. The van der Waals surface area contributed by atoms with E-state index in [0.717, 1.165) is 19.4 Å². The van der Waals surface area contributed by atoms with E-state index in [2.05, 4.69) is 60.5 Å². The highest BCUT2D eigenvalue weighted by atomic mass is 16.4. The quantitative estimate of drug-likeness (QED) is 0.780. The first-order chi connectivity index (χ1) is 13.4. The van der Waals surface area contributed by atoms with Gasteiger partial charge in [0.25, 0.3) is 0 Å². The van der Waals surface area contributed by atoms with E-state index in [1.807, 2.05) is 24.3 Å². The average molecular weight is 380 g/mol. The van der Waals surface area contributed by atoms with Gasteiger partial charge in [0.2, 0.25) is 0 Å². The number of carboxylic acid groups (broad SMARTS) is 1. The summed E-state index contributed by atoms with van der Waals surface area (Å²) < 4.78 is 0. The van der Waals surface area contributed by atoms with Crippen molar-refractivity contribution < 1.29 is 9.90 Å². The van der Waals surface area contributed by atoms with Crippen LogP contribution < -0.4 is 15.3 Å². The third-order valence-corrected chi connectivity index (χ3v) is 6.29. The Balaban J connectivity index is 1.56. The minimum absolute atomic E-state index is 0.0169. The highest BCUT2D eigenvalue weighted by molar-refractivity contribution is 5.86. The lowest BCUT2D eigenvalue weighted by Crippen LogP contribution is -2.45. The number of hydrogen-bond donors (Lipinski definition) is 2. The summed E-state index contributed by atoms with van der Waals surface area (Å²) in [4.78, 5) is 16.6. The molecule has 2 aliphatic rings. The van der Waals surface area contributed by atoms with E-state index in [9.17, 15) is 9.90 Å². The Labute approximate surface area is 166 Å². The largest absolute Gasteiger partial charge is 0.464 e. The first-order valence-electron chi connectivity index (χ1n) is 9.80. The van der Waals surface area contributed by atoms with Gasteiger partial charge in [-0.1, -0.05) is 37.3 Å². The normalized spacial score (nSPS) is 23.5. The molecule has 0 bridgehead atoms. The molecule has 2 N–H and O–H groups in total. The highest BCUT2D eigenvalue weighted by Gasteiger charge is 2.52. The summed E-state index contributed by atoms with van der Waals surface area (Å²) in [5.41, 5.74) is 7.37. The summed E-state index contributed by atoms with van der Waals surface area (Å²) in [7, 11) is 4.29.